The fourth-order valence-electron chi connectivity index (χ4n) is 5.79. The molecule has 3 aromatic carbocycles. The molecule has 0 spiro atoms. The lowest BCUT2D eigenvalue weighted by atomic mass is 9.79. The van der Waals surface area contributed by atoms with Crippen LogP contribution in [0.3, 0.4) is 0 Å². The second kappa shape index (κ2) is 9.28. The van der Waals surface area contributed by atoms with E-state index in [9.17, 15) is 26.4 Å². The molecular formula is C28H25NO10S2. The molecule has 0 radical (unpaired) electrons. The standard InChI is InChI=1S/C28H25NO10S2/c1-36-18-10-8-16(9-11-18)14-37-15-17-12-21-23(26(31)20-7-5-4-6-19(20)25(21)30)22-13-27(38-40(2,32)33)28(29-27,24(17)22)39-41(3,34)35/h4-12,29H,13-15H2,1-3H3/t27-,28+/m1/s1. The van der Waals surface area contributed by atoms with E-state index in [4.69, 9.17) is 17.8 Å². The van der Waals surface area contributed by atoms with Gasteiger partial charge < -0.3 is 9.47 Å². The Morgan fingerprint density at radius 2 is 1.46 bits per heavy atom. The first-order chi connectivity index (χ1) is 19.3. The molecule has 41 heavy (non-hydrogen) atoms. The van der Waals surface area contributed by atoms with Gasteiger partial charge in [-0.2, -0.15) is 16.8 Å². The molecule has 2 aliphatic carbocycles. The molecular weight excluding hydrogens is 574 g/mol. The van der Waals surface area contributed by atoms with Crippen LogP contribution in [0, 0.1) is 0 Å². The van der Waals surface area contributed by atoms with Crippen LogP contribution in [-0.2, 0) is 58.7 Å². The minimum absolute atomic E-state index is 0.0598. The van der Waals surface area contributed by atoms with Crippen molar-refractivity contribution >= 4 is 31.8 Å². The van der Waals surface area contributed by atoms with Crippen LogP contribution in [-0.4, -0.2) is 53.7 Å². The molecule has 13 heteroatoms. The van der Waals surface area contributed by atoms with Crippen molar-refractivity contribution in [1.29, 1.82) is 0 Å². The van der Waals surface area contributed by atoms with Crippen molar-refractivity contribution in [1.82, 2.24) is 5.32 Å². The fraction of sp³-hybridized carbons (Fsp3) is 0.286. The van der Waals surface area contributed by atoms with Crippen molar-refractivity contribution < 1.29 is 44.3 Å². The van der Waals surface area contributed by atoms with Crippen LogP contribution in [0.25, 0.3) is 0 Å². The van der Waals surface area contributed by atoms with E-state index in [1.54, 1.807) is 37.4 Å². The van der Waals surface area contributed by atoms with Gasteiger partial charge >= 0.3 is 0 Å². The molecule has 1 fully saturated rings. The van der Waals surface area contributed by atoms with Gasteiger partial charge in [0.05, 0.1) is 32.8 Å². The van der Waals surface area contributed by atoms with E-state index < -0.39 is 37.5 Å². The number of carbonyl (C=O) groups excluding carboxylic acids is 2. The summed E-state index contributed by atoms with van der Waals surface area (Å²) >= 11 is 0. The zero-order valence-corrected chi connectivity index (χ0v) is 23.8. The Balaban J connectivity index is 1.49. The summed E-state index contributed by atoms with van der Waals surface area (Å²) in [5.74, 6) is -0.159. The summed E-state index contributed by atoms with van der Waals surface area (Å²) in [5.41, 5.74) is -1.56. The molecule has 3 aromatic rings. The van der Waals surface area contributed by atoms with E-state index in [2.05, 4.69) is 5.32 Å². The first-order valence-electron chi connectivity index (χ1n) is 12.5. The third kappa shape index (κ3) is 4.58. The molecule has 11 nitrogen and oxygen atoms in total. The van der Waals surface area contributed by atoms with Crippen LogP contribution in [0.15, 0.2) is 54.6 Å². The number of rotatable bonds is 9. The second-order valence-electron chi connectivity index (χ2n) is 10.2. The summed E-state index contributed by atoms with van der Waals surface area (Å²) in [7, 11) is -6.76. The predicted molar refractivity (Wildman–Crippen MR) is 144 cm³/mol. The number of ketones is 2. The summed E-state index contributed by atoms with van der Waals surface area (Å²) in [6.45, 7) is 0.0418. The van der Waals surface area contributed by atoms with E-state index in [1.807, 2.05) is 12.1 Å². The molecule has 1 N–H and O–H groups in total. The van der Waals surface area contributed by atoms with E-state index in [0.717, 1.165) is 18.1 Å². The molecule has 0 unspecified atom stereocenters. The zero-order chi connectivity index (χ0) is 29.4. The molecule has 214 valence electrons. The van der Waals surface area contributed by atoms with Crippen molar-refractivity contribution in [2.24, 2.45) is 0 Å². The summed E-state index contributed by atoms with van der Waals surface area (Å²) in [5, 5.41) is 2.81. The molecule has 3 aliphatic rings. The number of methoxy groups -OCH3 is 1. The highest BCUT2D eigenvalue weighted by Crippen LogP contribution is 2.61. The minimum atomic E-state index is -4.18. The Labute approximate surface area is 236 Å². The number of ether oxygens (including phenoxy) is 2. The number of benzene rings is 3. The molecule has 6 rings (SSSR count). The highest BCUT2D eigenvalue weighted by Gasteiger charge is 2.80. The van der Waals surface area contributed by atoms with Crippen molar-refractivity contribution in [2.75, 3.05) is 19.6 Å². The van der Waals surface area contributed by atoms with Crippen molar-refractivity contribution in [3.63, 3.8) is 0 Å². The van der Waals surface area contributed by atoms with Crippen LogP contribution < -0.4 is 10.1 Å². The van der Waals surface area contributed by atoms with Crippen LogP contribution >= 0.6 is 0 Å². The zero-order valence-electron chi connectivity index (χ0n) is 22.2. The lowest BCUT2D eigenvalue weighted by molar-refractivity contribution is 0.0721. The minimum Gasteiger partial charge on any atom is -0.497 e. The molecule has 2 atom stereocenters. The van der Waals surface area contributed by atoms with E-state index in [1.165, 1.54) is 12.1 Å². The molecule has 0 bridgehead atoms. The normalized spacial score (nSPS) is 22.5. The fourth-order valence-corrected chi connectivity index (χ4v) is 7.23. The number of hydrogen-bond donors (Lipinski definition) is 1. The molecule has 1 heterocycles. The highest BCUT2D eigenvalue weighted by atomic mass is 32.2. The molecule has 1 saturated heterocycles. The van der Waals surface area contributed by atoms with E-state index in [-0.39, 0.29) is 58.8 Å². The Hall–Kier alpha value is -3.46. The Bertz CT molecular complexity index is 1850. The predicted octanol–water partition coefficient (Wildman–Crippen LogP) is 2.15. The first-order valence-corrected chi connectivity index (χ1v) is 16.1. The SMILES string of the molecule is COc1ccc(COCc2cc3c(c4c2[C@@]2(OS(C)(=O)=O)N[C@@]2(OS(C)(=O)=O)C4)C(=O)c2ccccc2C3=O)cc1. The molecule has 0 aromatic heterocycles. The van der Waals surface area contributed by atoms with Gasteiger partial charge in [0, 0.05) is 34.2 Å². The Morgan fingerprint density at radius 3 is 2.07 bits per heavy atom. The second-order valence-corrected chi connectivity index (χ2v) is 13.4. The maximum absolute atomic E-state index is 13.7. The van der Waals surface area contributed by atoms with E-state index >= 15 is 0 Å². The number of fused-ring (bicyclic) bond motifs is 6. The highest BCUT2D eigenvalue weighted by molar-refractivity contribution is 7.86. The summed E-state index contributed by atoms with van der Waals surface area (Å²) < 4.78 is 71.5. The lowest BCUT2D eigenvalue weighted by Gasteiger charge is -2.25. The van der Waals surface area contributed by atoms with Gasteiger partial charge in [0.2, 0.25) is 5.72 Å². The van der Waals surface area contributed by atoms with Gasteiger partial charge in [-0.1, -0.05) is 36.4 Å². The summed E-state index contributed by atoms with van der Waals surface area (Å²) in [6.07, 6.45) is 1.41. The van der Waals surface area contributed by atoms with Gasteiger partial charge in [0.15, 0.2) is 17.3 Å². The number of carbonyl (C=O) groups is 2. The van der Waals surface area contributed by atoms with Crippen LogP contribution in [0.4, 0.5) is 0 Å². The topological polar surface area (TPSA) is 161 Å². The maximum Gasteiger partial charge on any atom is 0.266 e. The van der Waals surface area contributed by atoms with E-state index in [0.29, 0.717) is 11.3 Å². The Morgan fingerprint density at radius 1 is 0.829 bits per heavy atom. The van der Waals surface area contributed by atoms with Crippen LogP contribution in [0.5, 0.6) is 5.75 Å². The van der Waals surface area contributed by atoms with Crippen LogP contribution in [0.2, 0.25) is 0 Å². The molecule has 1 aliphatic heterocycles. The smallest absolute Gasteiger partial charge is 0.266 e. The quantitative estimate of drug-likeness (QED) is 0.222. The van der Waals surface area contributed by atoms with Gasteiger partial charge in [-0.15, -0.1) is 0 Å². The van der Waals surface area contributed by atoms with Gasteiger partial charge in [-0.3, -0.25) is 9.59 Å². The summed E-state index contributed by atoms with van der Waals surface area (Å²) in [4.78, 5) is 27.3. The van der Waals surface area contributed by atoms with Crippen molar-refractivity contribution in [3.8, 4) is 5.75 Å². The van der Waals surface area contributed by atoms with Gasteiger partial charge in [0.25, 0.3) is 20.2 Å². The van der Waals surface area contributed by atoms with Crippen molar-refractivity contribution in [2.45, 2.75) is 31.1 Å². The number of hydrogen-bond acceptors (Lipinski definition) is 11. The largest absolute Gasteiger partial charge is 0.497 e. The van der Waals surface area contributed by atoms with Crippen molar-refractivity contribution in [3.05, 3.63) is 99.1 Å². The average Bonchev–Trinajstić information content (AvgIpc) is 3.39. The Kier molecular flexibility index (Phi) is 6.27. The number of nitrogens with one attached hydrogen (secondary N) is 1. The maximum atomic E-state index is 13.7. The third-order valence-electron chi connectivity index (χ3n) is 7.32. The van der Waals surface area contributed by atoms with Gasteiger partial charge in [-0.05, 0) is 34.9 Å². The first kappa shape index (κ1) is 27.7. The molecule has 0 amide bonds. The van der Waals surface area contributed by atoms with Gasteiger partial charge in [-0.25, -0.2) is 13.7 Å². The van der Waals surface area contributed by atoms with Gasteiger partial charge in [0.1, 0.15) is 5.75 Å². The third-order valence-corrected chi connectivity index (χ3v) is 8.46. The molecule has 0 saturated carbocycles. The summed E-state index contributed by atoms with van der Waals surface area (Å²) in [6, 6.07) is 15.1. The van der Waals surface area contributed by atoms with Crippen LogP contribution in [0.1, 0.15) is 54.1 Å². The monoisotopic (exact) mass is 599 g/mol. The lowest BCUT2D eigenvalue weighted by Crippen LogP contribution is -2.30. The average molecular weight is 600 g/mol.